The van der Waals surface area contributed by atoms with E-state index in [0.29, 0.717) is 28.1 Å². The molecule has 1 saturated heterocycles. The molecule has 1 N–H and O–H groups in total. The highest BCUT2D eigenvalue weighted by molar-refractivity contribution is 8.14. The molecule has 0 bridgehead atoms. The largest absolute Gasteiger partial charge is 0.462 e. The number of fused-ring (bicyclic) bond motifs is 1. The van der Waals surface area contributed by atoms with Crippen LogP contribution in [0.2, 0.25) is 0 Å². The van der Waals surface area contributed by atoms with Crippen LogP contribution in [-0.4, -0.2) is 57.4 Å². The maximum Gasteiger partial charge on any atom is 0.339 e. The maximum atomic E-state index is 12.0. The van der Waals surface area contributed by atoms with E-state index in [0.717, 1.165) is 11.8 Å². The van der Waals surface area contributed by atoms with Crippen molar-refractivity contribution in [2.75, 3.05) is 30.8 Å². The Morgan fingerprint density at radius 1 is 1.42 bits per heavy atom. The van der Waals surface area contributed by atoms with Crippen LogP contribution in [0.15, 0.2) is 11.7 Å². The molecule has 3 heterocycles. The van der Waals surface area contributed by atoms with Gasteiger partial charge in [0.15, 0.2) is 0 Å². The standard InChI is InChI=1S/C14H14N4O4S2/c1-2-22-13(20)8-5-23-12-10(8)11(16-7-17-12)15-3-4-18-9(19)6-24-14(18)21/h5,7H,2-4,6H2,1H3,(H,15,16,17). The fourth-order valence-electron chi connectivity index (χ4n) is 2.25. The SMILES string of the molecule is CCOC(=O)c1csc2ncnc(NCCN3C(=O)CSC3=O)c12. The molecule has 3 rings (SSSR count). The number of thiophene rings is 1. The van der Waals surface area contributed by atoms with E-state index in [1.807, 2.05) is 0 Å². The average molecular weight is 366 g/mol. The number of hydrogen-bond acceptors (Lipinski definition) is 9. The van der Waals surface area contributed by atoms with Gasteiger partial charge < -0.3 is 10.1 Å². The number of hydrogen-bond donors (Lipinski definition) is 1. The normalized spacial score (nSPS) is 14.5. The number of thioether (sulfide) groups is 1. The van der Waals surface area contributed by atoms with Crippen LogP contribution in [0.25, 0.3) is 10.2 Å². The summed E-state index contributed by atoms with van der Waals surface area (Å²) in [4.78, 5) is 45.4. The molecular weight excluding hydrogens is 352 g/mol. The van der Waals surface area contributed by atoms with Gasteiger partial charge in [-0.05, 0) is 6.92 Å². The second-order valence-corrected chi connectivity index (χ2v) is 6.58. The number of esters is 1. The number of anilines is 1. The summed E-state index contributed by atoms with van der Waals surface area (Å²) in [7, 11) is 0. The molecule has 24 heavy (non-hydrogen) atoms. The van der Waals surface area contributed by atoms with Gasteiger partial charge in [-0.2, -0.15) is 0 Å². The van der Waals surface area contributed by atoms with E-state index in [4.69, 9.17) is 4.74 Å². The molecule has 2 aromatic heterocycles. The minimum atomic E-state index is -0.428. The number of nitrogens with one attached hydrogen (secondary N) is 1. The lowest BCUT2D eigenvalue weighted by Crippen LogP contribution is -2.33. The molecule has 0 saturated carbocycles. The Bertz CT molecular complexity index is 791. The summed E-state index contributed by atoms with van der Waals surface area (Å²) in [5, 5.41) is 5.11. The zero-order chi connectivity index (χ0) is 17.1. The van der Waals surface area contributed by atoms with Crippen LogP contribution in [0.5, 0.6) is 0 Å². The smallest absolute Gasteiger partial charge is 0.339 e. The zero-order valence-electron chi connectivity index (χ0n) is 12.8. The first-order chi connectivity index (χ1) is 11.6. The van der Waals surface area contributed by atoms with Crippen molar-refractivity contribution < 1.29 is 19.1 Å². The van der Waals surface area contributed by atoms with Crippen molar-refractivity contribution in [3.05, 3.63) is 17.3 Å². The highest BCUT2D eigenvalue weighted by atomic mass is 32.2. The van der Waals surface area contributed by atoms with Crippen molar-refractivity contribution in [3.63, 3.8) is 0 Å². The monoisotopic (exact) mass is 366 g/mol. The number of aromatic nitrogens is 2. The Morgan fingerprint density at radius 2 is 2.25 bits per heavy atom. The molecule has 1 aliphatic heterocycles. The number of amides is 2. The molecule has 1 aliphatic rings. The van der Waals surface area contributed by atoms with Crippen LogP contribution < -0.4 is 5.32 Å². The Hall–Kier alpha value is -2.20. The van der Waals surface area contributed by atoms with Gasteiger partial charge in [0.05, 0.1) is 23.3 Å². The summed E-state index contributed by atoms with van der Waals surface area (Å²) in [6.45, 7) is 2.60. The molecule has 0 aromatic carbocycles. The molecule has 0 atom stereocenters. The van der Waals surface area contributed by atoms with Gasteiger partial charge in [0, 0.05) is 18.5 Å². The van der Waals surface area contributed by atoms with E-state index in [2.05, 4.69) is 15.3 Å². The van der Waals surface area contributed by atoms with Crippen LogP contribution in [-0.2, 0) is 9.53 Å². The van der Waals surface area contributed by atoms with Crippen LogP contribution >= 0.6 is 23.1 Å². The highest BCUT2D eigenvalue weighted by Crippen LogP contribution is 2.29. The first kappa shape index (κ1) is 16.7. The molecule has 2 amide bonds. The molecule has 8 nitrogen and oxygen atoms in total. The lowest BCUT2D eigenvalue weighted by atomic mass is 10.2. The van der Waals surface area contributed by atoms with Crippen molar-refractivity contribution in [2.24, 2.45) is 0 Å². The lowest BCUT2D eigenvalue weighted by molar-refractivity contribution is -0.124. The van der Waals surface area contributed by atoms with Gasteiger partial charge in [-0.15, -0.1) is 11.3 Å². The van der Waals surface area contributed by atoms with Crippen molar-refractivity contribution in [3.8, 4) is 0 Å². The average Bonchev–Trinajstić information content (AvgIpc) is 3.13. The maximum absolute atomic E-state index is 12.0. The van der Waals surface area contributed by atoms with Gasteiger partial charge in [-0.3, -0.25) is 14.5 Å². The van der Waals surface area contributed by atoms with Gasteiger partial charge in [-0.1, -0.05) is 11.8 Å². The Balaban J connectivity index is 1.77. The summed E-state index contributed by atoms with van der Waals surface area (Å²) < 4.78 is 5.05. The van der Waals surface area contributed by atoms with Crippen molar-refractivity contribution >= 4 is 56.2 Å². The van der Waals surface area contributed by atoms with E-state index in [9.17, 15) is 14.4 Å². The van der Waals surface area contributed by atoms with Crippen molar-refractivity contribution in [2.45, 2.75) is 6.92 Å². The molecule has 1 fully saturated rings. The summed E-state index contributed by atoms with van der Waals surface area (Å²) in [6.07, 6.45) is 1.40. The number of carbonyl (C=O) groups excluding carboxylic acids is 3. The van der Waals surface area contributed by atoms with E-state index in [1.165, 1.54) is 22.6 Å². The Labute approximate surface area is 145 Å². The van der Waals surface area contributed by atoms with E-state index in [-0.39, 0.29) is 30.1 Å². The fourth-order valence-corrected chi connectivity index (χ4v) is 3.88. The minimum absolute atomic E-state index is 0.189. The topological polar surface area (TPSA) is 101 Å². The molecule has 0 spiro atoms. The third-order valence-corrected chi connectivity index (χ3v) is 5.08. The molecule has 0 radical (unpaired) electrons. The molecular formula is C14H14N4O4S2. The molecule has 0 unspecified atom stereocenters. The van der Waals surface area contributed by atoms with Crippen LogP contribution in [0.3, 0.4) is 0 Å². The zero-order valence-corrected chi connectivity index (χ0v) is 14.4. The predicted octanol–water partition coefficient (Wildman–Crippen LogP) is 1.98. The van der Waals surface area contributed by atoms with Gasteiger partial charge in [0.2, 0.25) is 5.91 Å². The summed E-state index contributed by atoms with van der Waals surface area (Å²) >= 11 is 2.33. The van der Waals surface area contributed by atoms with E-state index < -0.39 is 5.97 Å². The van der Waals surface area contributed by atoms with Gasteiger partial charge in [0.25, 0.3) is 5.24 Å². The first-order valence-electron chi connectivity index (χ1n) is 7.22. The van der Waals surface area contributed by atoms with Gasteiger partial charge in [0.1, 0.15) is 17.0 Å². The second kappa shape index (κ2) is 7.14. The molecule has 10 heteroatoms. The molecule has 126 valence electrons. The Morgan fingerprint density at radius 3 is 2.96 bits per heavy atom. The highest BCUT2D eigenvalue weighted by Gasteiger charge is 2.29. The number of ether oxygens (including phenoxy) is 1. The second-order valence-electron chi connectivity index (χ2n) is 4.80. The fraction of sp³-hybridized carbons (Fsp3) is 0.357. The molecule has 0 aliphatic carbocycles. The third kappa shape index (κ3) is 3.20. The number of rotatable bonds is 6. The number of carbonyl (C=O) groups is 3. The van der Waals surface area contributed by atoms with Crippen LogP contribution in [0.1, 0.15) is 17.3 Å². The van der Waals surface area contributed by atoms with Crippen molar-refractivity contribution in [1.82, 2.24) is 14.9 Å². The first-order valence-corrected chi connectivity index (χ1v) is 9.08. The van der Waals surface area contributed by atoms with E-state index >= 15 is 0 Å². The van der Waals surface area contributed by atoms with E-state index in [1.54, 1.807) is 12.3 Å². The third-order valence-electron chi connectivity index (χ3n) is 3.33. The molecule has 2 aromatic rings. The predicted molar refractivity (Wildman–Crippen MR) is 91.4 cm³/mol. The van der Waals surface area contributed by atoms with Gasteiger partial charge in [-0.25, -0.2) is 14.8 Å². The summed E-state index contributed by atoms with van der Waals surface area (Å²) in [6, 6.07) is 0. The number of imide groups is 1. The van der Waals surface area contributed by atoms with Crippen LogP contribution in [0.4, 0.5) is 10.6 Å². The quantitative estimate of drug-likeness (QED) is 0.775. The number of nitrogens with zero attached hydrogens (tertiary/aromatic N) is 3. The Kier molecular flexibility index (Phi) is 4.95. The minimum Gasteiger partial charge on any atom is -0.462 e. The van der Waals surface area contributed by atoms with Crippen molar-refractivity contribution in [1.29, 1.82) is 0 Å². The summed E-state index contributed by atoms with van der Waals surface area (Å²) in [5.74, 6) is 0.0510. The summed E-state index contributed by atoms with van der Waals surface area (Å²) in [5.41, 5.74) is 0.406. The van der Waals surface area contributed by atoms with Crippen LogP contribution in [0, 0.1) is 0 Å². The van der Waals surface area contributed by atoms with Gasteiger partial charge >= 0.3 is 5.97 Å². The lowest BCUT2D eigenvalue weighted by Gasteiger charge is -2.14.